The molecule has 2 aliphatic rings. The quantitative estimate of drug-likeness (QED) is 0.284. The van der Waals surface area contributed by atoms with Crippen LogP contribution in [0.3, 0.4) is 0 Å². The van der Waals surface area contributed by atoms with Gasteiger partial charge in [0.15, 0.2) is 5.78 Å². The van der Waals surface area contributed by atoms with E-state index in [1.54, 1.807) is 11.3 Å². The van der Waals surface area contributed by atoms with Crippen molar-refractivity contribution < 1.29 is 4.79 Å². The Hall–Kier alpha value is -3.77. The summed E-state index contributed by atoms with van der Waals surface area (Å²) in [5.41, 5.74) is 4.13. The number of carbonyl (C=O) groups is 1. The summed E-state index contributed by atoms with van der Waals surface area (Å²) in [5, 5.41) is 5.93. The van der Waals surface area contributed by atoms with E-state index >= 15 is 0 Å². The van der Waals surface area contributed by atoms with Gasteiger partial charge in [0.25, 0.3) is 0 Å². The Morgan fingerprint density at radius 3 is 2.47 bits per heavy atom. The van der Waals surface area contributed by atoms with Gasteiger partial charge in [0, 0.05) is 17.7 Å². The van der Waals surface area contributed by atoms with E-state index in [0.717, 1.165) is 62.9 Å². The zero-order valence-corrected chi connectivity index (χ0v) is 20.9. The number of hydrogen-bond donors (Lipinski definition) is 0. The number of ketones is 1. The maximum atomic E-state index is 14.7. The van der Waals surface area contributed by atoms with Crippen LogP contribution in [0, 0.1) is 6.92 Å². The number of anilines is 1. The van der Waals surface area contributed by atoms with E-state index in [1.807, 2.05) is 60.7 Å². The molecule has 0 unspecified atom stereocenters. The maximum Gasteiger partial charge on any atom is 0.178 e. The van der Waals surface area contributed by atoms with Gasteiger partial charge in [-0.3, -0.25) is 4.79 Å². The molecule has 2 aliphatic heterocycles. The number of rotatable bonds is 4. The molecule has 7 rings (SSSR count). The molecule has 5 nitrogen and oxygen atoms in total. The van der Waals surface area contributed by atoms with Crippen molar-refractivity contribution in [2.45, 2.75) is 37.6 Å². The highest BCUT2D eigenvalue weighted by Crippen LogP contribution is 2.51. The van der Waals surface area contributed by atoms with Crippen LogP contribution < -0.4 is 4.90 Å². The first-order chi connectivity index (χ1) is 17.7. The molecule has 36 heavy (non-hydrogen) atoms. The predicted molar refractivity (Wildman–Crippen MR) is 144 cm³/mol. The van der Waals surface area contributed by atoms with Crippen molar-refractivity contribution in [1.82, 2.24) is 14.8 Å². The van der Waals surface area contributed by atoms with Crippen LogP contribution in [0.5, 0.6) is 0 Å². The van der Waals surface area contributed by atoms with Crippen molar-refractivity contribution in [1.29, 1.82) is 0 Å². The molecule has 2 aromatic heterocycles. The molecule has 3 aromatic carbocycles. The fraction of sp³-hybridized carbons (Fsp3) is 0.233. The first kappa shape index (κ1) is 21.5. The molecule has 178 valence electrons. The number of nitrogens with zero attached hydrogens (tertiary/aromatic N) is 4. The van der Waals surface area contributed by atoms with E-state index in [4.69, 9.17) is 10.1 Å². The summed E-state index contributed by atoms with van der Waals surface area (Å²) in [6, 6.07) is 28.4. The molecule has 5 aromatic rings. The van der Waals surface area contributed by atoms with E-state index < -0.39 is 5.41 Å². The average Bonchev–Trinajstić information content (AvgIpc) is 3.66. The fourth-order valence-corrected chi connectivity index (χ4v) is 7.38. The molecule has 4 heterocycles. The third-order valence-electron chi connectivity index (χ3n) is 7.82. The highest BCUT2D eigenvalue weighted by molar-refractivity contribution is 7.18. The maximum absolute atomic E-state index is 14.7. The Kier molecular flexibility index (Phi) is 4.86. The van der Waals surface area contributed by atoms with Crippen LogP contribution in [0.1, 0.15) is 39.5 Å². The average molecular weight is 491 g/mol. The zero-order chi connectivity index (χ0) is 24.3. The minimum absolute atomic E-state index is 0.0248. The Bertz CT molecular complexity index is 1560. The second-order valence-electron chi connectivity index (χ2n) is 9.82. The highest BCUT2D eigenvalue weighted by Gasteiger charge is 2.57. The number of carbonyl (C=O) groups excluding carboxylic acids is 1. The van der Waals surface area contributed by atoms with Crippen molar-refractivity contribution in [3.05, 3.63) is 107 Å². The molecule has 0 aliphatic carbocycles. The van der Waals surface area contributed by atoms with Gasteiger partial charge in [0.1, 0.15) is 16.2 Å². The van der Waals surface area contributed by atoms with Crippen LogP contribution in [0.15, 0.2) is 84.9 Å². The van der Waals surface area contributed by atoms with Gasteiger partial charge < -0.3 is 4.90 Å². The number of hydrogen-bond acceptors (Lipinski definition) is 5. The molecule has 1 fully saturated rings. The minimum Gasteiger partial charge on any atom is -0.352 e. The van der Waals surface area contributed by atoms with Crippen molar-refractivity contribution in [3.8, 4) is 5.69 Å². The topological polar surface area (TPSA) is 51.0 Å². The minimum atomic E-state index is -0.760. The molecular formula is C30H26N4OS. The van der Waals surface area contributed by atoms with Crippen molar-refractivity contribution in [2.75, 3.05) is 11.4 Å². The van der Waals surface area contributed by atoms with E-state index in [0.29, 0.717) is 6.42 Å². The largest absolute Gasteiger partial charge is 0.352 e. The molecular weight excluding hydrogens is 464 g/mol. The Morgan fingerprint density at radius 1 is 0.972 bits per heavy atom. The SMILES string of the molecule is Cc1nn(-c2ccccc2)c2c1C[C@@](C(=O)c1ccccc1)(c1nc3ccccc3s1)[C@@H]1CCCN21. The summed E-state index contributed by atoms with van der Waals surface area (Å²) in [5.74, 6) is 1.30. The fourth-order valence-electron chi connectivity index (χ4n) is 6.18. The van der Waals surface area contributed by atoms with Gasteiger partial charge in [-0.05, 0) is 50.5 Å². The van der Waals surface area contributed by atoms with Crippen LogP contribution in [0.25, 0.3) is 15.9 Å². The molecule has 0 saturated carbocycles. The van der Waals surface area contributed by atoms with E-state index in [-0.39, 0.29) is 11.8 Å². The Balaban J connectivity index is 1.49. The summed E-state index contributed by atoms with van der Waals surface area (Å²) in [7, 11) is 0. The third kappa shape index (κ3) is 3.04. The number of aryl methyl sites for hydroxylation is 1. The Morgan fingerprint density at radius 2 is 1.69 bits per heavy atom. The molecule has 6 heteroatoms. The monoisotopic (exact) mass is 490 g/mol. The van der Waals surface area contributed by atoms with Crippen LogP contribution >= 0.6 is 11.3 Å². The molecule has 0 spiro atoms. The molecule has 0 radical (unpaired) electrons. The first-order valence-electron chi connectivity index (χ1n) is 12.5. The lowest BCUT2D eigenvalue weighted by Crippen LogP contribution is -2.57. The number of thiazole rings is 1. The lowest BCUT2D eigenvalue weighted by atomic mass is 9.67. The summed E-state index contributed by atoms with van der Waals surface area (Å²) in [4.78, 5) is 22.2. The lowest BCUT2D eigenvalue weighted by molar-refractivity contribution is 0.0849. The first-order valence-corrected chi connectivity index (χ1v) is 13.3. The smallest absolute Gasteiger partial charge is 0.178 e. The van der Waals surface area contributed by atoms with Gasteiger partial charge in [-0.25, -0.2) is 9.67 Å². The van der Waals surface area contributed by atoms with Crippen molar-refractivity contribution in [3.63, 3.8) is 0 Å². The van der Waals surface area contributed by atoms with Crippen molar-refractivity contribution in [2.24, 2.45) is 0 Å². The molecule has 0 N–H and O–H groups in total. The molecule has 0 bridgehead atoms. The summed E-state index contributed by atoms with van der Waals surface area (Å²) >= 11 is 1.67. The van der Waals surface area contributed by atoms with Gasteiger partial charge in [-0.15, -0.1) is 11.3 Å². The van der Waals surface area contributed by atoms with Gasteiger partial charge >= 0.3 is 0 Å². The summed E-state index contributed by atoms with van der Waals surface area (Å²) < 4.78 is 3.21. The number of benzene rings is 3. The predicted octanol–water partition coefficient (Wildman–Crippen LogP) is 6.14. The Labute approximate surface area is 214 Å². The van der Waals surface area contributed by atoms with E-state index in [9.17, 15) is 4.79 Å². The van der Waals surface area contributed by atoms with Crippen LogP contribution in [0.2, 0.25) is 0 Å². The van der Waals surface area contributed by atoms with Gasteiger partial charge in [-0.2, -0.15) is 5.10 Å². The molecule has 1 saturated heterocycles. The third-order valence-corrected chi connectivity index (χ3v) is 9.04. The van der Waals surface area contributed by atoms with Crippen molar-refractivity contribution >= 4 is 33.2 Å². The normalized spacial score (nSPS) is 20.9. The number of fused-ring (bicyclic) bond motifs is 4. The van der Waals surface area contributed by atoms with Crippen LogP contribution in [-0.4, -0.2) is 33.1 Å². The second kappa shape index (κ2) is 8.14. The van der Waals surface area contributed by atoms with E-state index in [1.165, 1.54) is 0 Å². The van der Waals surface area contributed by atoms with Gasteiger partial charge in [-0.1, -0.05) is 60.7 Å². The summed E-state index contributed by atoms with van der Waals surface area (Å²) in [6.45, 7) is 2.98. The molecule has 2 atom stereocenters. The van der Waals surface area contributed by atoms with Crippen LogP contribution in [0.4, 0.5) is 5.82 Å². The zero-order valence-electron chi connectivity index (χ0n) is 20.1. The van der Waals surface area contributed by atoms with Gasteiger partial charge in [0.2, 0.25) is 0 Å². The lowest BCUT2D eigenvalue weighted by Gasteiger charge is -2.45. The standard InChI is InChI=1S/C30H26N4OS/c1-20-23-19-30(27(35)21-11-4-2-5-12-21,29-31-24-15-8-9-16-25(24)36-29)26-17-10-18-33(26)28(23)34(32-20)22-13-6-3-7-14-22/h2-9,11-16,26H,10,17-19H2,1H3/t26-,30+/m0/s1. The second-order valence-corrected chi connectivity index (χ2v) is 10.8. The van der Waals surface area contributed by atoms with Gasteiger partial charge in [0.05, 0.1) is 27.6 Å². The van der Waals surface area contributed by atoms with E-state index in [2.05, 4.69) is 40.8 Å². The number of aromatic nitrogens is 3. The number of para-hydroxylation sites is 2. The highest BCUT2D eigenvalue weighted by atomic mass is 32.1. The molecule has 0 amide bonds. The summed E-state index contributed by atoms with van der Waals surface area (Å²) in [6.07, 6.45) is 2.60. The number of Topliss-reactive ketones (excluding diaryl/α,β-unsaturated/α-hetero) is 1. The van der Waals surface area contributed by atoms with Crippen LogP contribution in [-0.2, 0) is 11.8 Å².